The van der Waals surface area contributed by atoms with E-state index < -0.39 is 5.82 Å². The second kappa shape index (κ2) is 9.35. The molecule has 0 saturated heterocycles. The van der Waals surface area contributed by atoms with Gasteiger partial charge in [0, 0.05) is 23.7 Å². The van der Waals surface area contributed by atoms with Crippen molar-refractivity contribution in [2.24, 2.45) is 0 Å². The van der Waals surface area contributed by atoms with Crippen LogP contribution in [0.3, 0.4) is 0 Å². The zero-order chi connectivity index (χ0) is 21.7. The molecular formula is C22H19ClFN5O. The number of amides is 1. The summed E-state index contributed by atoms with van der Waals surface area (Å²) in [7, 11) is 3.82. The van der Waals surface area contributed by atoms with Crippen LogP contribution in [0.5, 0.6) is 0 Å². The topological polar surface area (TPSA) is 70.1 Å². The van der Waals surface area contributed by atoms with Crippen molar-refractivity contribution in [3.05, 3.63) is 65.2 Å². The van der Waals surface area contributed by atoms with Gasteiger partial charge in [0.15, 0.2) is 0 Å². The molecule has 0 unspecified atom stereocenters. The van der Waals surface area contributed by atoms with Crippen molar-refractivity contribution in [1.82, 2.24) is 14.9 Å². The maximum atomic E-state index is 13.4. The Bertz CT molecular complexity index is 1170. The summed E-state index contributed by atoms with van der Waals surface area (Å²) in [6.07, 6.45) is 10.2. The first-order valence-corrected chi connectivity index (χ1v) is 9.35. The highest BCUT2D eigenvalue weighted by atomic mass is 35.5. The molecule has 0 spiro atoms. The molecule has 3 rings (SSSR count). The molecule has 3 aromatic rings. The fraction of sp³-hybridized carbons (Fsp3) is 0.136. The fourth-order valence-corrected chi connectivity index (χ4v) is 2.86. The zero-order valence-electron chi connectivity index (χ0n) is 16.4. The van der Waals surface area contributed by atoms with Crippen LogP contribution in [0.25, 0.3) is 10.9 Å². The van der Waals surface area contributed by atoms with Crippen LogP contribution in [0.4, 0.5) is 21.6 Å². The minimum atomic E-state index is -0.513. The van der Waals surface area contributed by atoms with Crippen molar-refractivity contribution in [2.45, 2.75) is 0 Å². The lowest BCUT2D eigenvalue weighted by molar-refractivity contribution is -0.111. The number of carbonyl (C=O) groups excluding carboxylic acids is 1. The molecule has 0 atom stereocenters. The van der Waals surface area contributed by atoms with E-state index in [1.54, 1.807) is 24.3 Å². The second-order valence-electron chi connectivity index (χ2n) is 6.69. The van der Waals surface area contributed by atoms with Gasteiger partial charge in [0.1, 0.15) is 18.0 Å². The average molecular weight is 424 g/mol. The number of halogens is 2. The molecule has 1 amide bonds. The molecule has 152 valence electrons. The van der Waals surface area contributed by atoms with E-state index in [4.69, 9.17) is 18.0 Å². The Morgan fingerprint density at radius 2 is 2.10 bits per heavy atom. The summed E-state index contributed by atoms with van der Waals surface area (Å²) in [5.74, 6) is 2.21. The van der Waals surface area contributed by atoms with Crippen LogP contribution in [0, 0.1) is 18.2 Å². The van der Waals surface area contributed by atoms with Crippen LogP contribution in [0.2, 0.25) is 5.02 Å². The van der Waals surface area contributed by atoms with E-state index in [1.165, 1.54) is 24.5 Å². The fourth-order valence-electron chi connectivity index (χ4n) is 2.68. The molecule has 0 aliphatic heterocycles. The average Bonchev–Trinajstić information content (AvgIpc) is 2.70. The largest absolute Gasteiger partial charge is 0.340 e. The van der Waals surface area contributed by atoms with Gasteiger partial charge in [-0.05, 0) is 44.4 Å². The standard InChI is InChI=1S/C22H19ClFN5O/c1-4-14-10-20-16(12-19(14)28-21(30)6-5-9-29(2)3)22(26-13-25-20)27-15-7-8-18(24)17(23)11-15/h1,5-8,10-13H,9H2,2-3H3,(H,28,30)(H,25,26,27)/b6-5+. The molecule has 8 heteroatoms. The third-order valence-corrected chi connectivity index (χ3v) is 4.40. The number of nitrogens with zero attached hydrogens (tertiary/aromatic N) is 3. The van der Waals surface area contributed by atoms with Gasteiger partial charge in [-0.3, -0.25) is 4.79 Å². The van der Waals surface area contributed by atoms with Crippen LogP contribution in [-0.4, -0.2) is 41.4 Å². The lowest BCUT2D eigenvalue weighted by Crippen LogP contribution is -2.13. The maximum Gasteiger partial charge on any atom is 0.248 e. The number of nitrogens with one attached hydrogen (secondary N) is 2. The van der Waals surface area contributed by atoms with Crippen molar-refractivity contribution in [3.63, 3.8) is 0 Å². The third-order valence-electron chi connectivity index (χ3n) is 4.11. The molecule has 6 nitrogen and oxygen atoms in total. The van der Waals surface area contributed by atoms with Gasteiger partial charge in [0.2, 0.25) is 5.91 Å². The van der Waals surface area contributed by atoms with Crippen LogP contribution < -0.4 is 10.6 Å². The van der Waals surface area contributed by atoms with Gasteiger partial charge in [-0.1, -0.05) is 23.6 Å². The van der Waals surface area contributed by atoms with Gasteiger partial charge < -0.3 is 15.5 Å². The van der Waals surface area contributed by atoms with Gasteiger partial charge >= 0.3 is 0 Å². The molecule has 0 radical (unpaired) electrons. The Kier molecular flexibility index (Phi) is 6.62. The monoisotopic (exact) mass is 423 g/mol. The van der Waals surface area contributed by atoms with Crippen molar-refractivity contribution in [1.29, 1.82) is 0 Å². The summed E-state index contributed by atoms with van der Waals surface area (Å²) in [5.41, 5.74) is 2.10. The summed E-state index contributed by atoms with van der Waals surface area (Å²) in [4.78, 5) is 22.7. The van der Waals surface area contributed by atoms with Gasteiger partial charge in [0.05, 0.1) is 21.8 Å². The van der Waals surface area contributed by atoms with E-state index >= 15 is 0 Å². The summed E-state index contributed by atoms with van der Waals surface area (Å²) >= 11 is 5.85. The first-order chi connectivity index (χ1) is 14.4. The number of hydrogen-bond acceptors (Lipinski definition) is 5. The molecule has 2 aromatic carbocycles. The number of benzene rings is 2. The third kappa shape index (κ3) is 5.11. The van der Waals surface area contributed by atoms with Crippen molar-refractivity contribution in [3.8, 4) is 12.3 Å². The van der Waals surface area contributed by atoms with E-state index in [9.17, 15) is 9.18 Å². The van der Waals surface area contributed by atoms with E-state index in [2.05, 4.69) is 26.5 Å². The molecule has 30 heavy (non-hydrogen) atoms. The highest BCUT2D eigenvalue weighted by molar-refractivity contribution is 6.31. The van der Waals surface area contributed by atoms with E-state index in [1.807, 2.05) is 19.0 Å². The number of fused-ring (bicyclic) bond motifs is 1. The van der Waals surface area contributed by atoms with Gasteiger partial charge in [0.25, 0.3) is 0 Å². The minimum Gasteiger partial charge on any atom is -0.340 e. The number of anilines is 3. The van der Waals surface area contributed by atoms with Crippen LogP contribution in [-0.2, 0) is 4.79 Å². The molecule has 2 N–H and O–H groups in total. The van der Waals surface area contributed by atoms with Gasteiger partial charge in [-0.25, -0.2) is 14.4 Å². The van der Waals surface area contributed by atoms with E-state index in [-0.39, 0.29) is 10.9 Å². The summed E-state index contributed by atoms with van der Waals surface area (Å²) < 4.78 is 13.4. The molecule has 0 saturated carbocycles. The quantitative estimate of drug-likeness (QED) is 0.459. The normalized spacial score (nSPS) is 11.1. The lowest BCUT2D eigenvalue weighted by atomic mass is 10.1. The maximum absolute atomic E-state index is 13.4. The first kappa shape index (κ1) is 21.2. The van der Waals surface area contributed by atoms with Crippen molar-refractivity contribution >= 4 is 45.6 Å². The summed E-state index contributed by atoms with van der Waals surface area (Å²) in [5, 5.41) is 6.51. The van der Waals surface area contributed by atoms with Crippen molar-refractivity contribution < 1.29 is 9.18 Å². The molecular weight excluding hydrogens is 405 g/mol. The molecule has 1 aromatic heterocycles. The Morgan fingerprint density at radius 3 is 2.80 bits per heavy atom. The predicted molar refractivity (Wildman–Crippen MR) is 118 cm³/mol. The molecule has 0 aliphatic rings. The van der Waals surface area contributed by atoms with Gasteiger partial charge in [-0.2, -0.15) is 0 Å². The number of rotatable bonds is 6. The van der Waals surface area contributed by atoms with Gasteiger partial charge in [-0.15, -0.1) is 6.42 Å². The Labute approximate surface area is 178 Å². The SMILES string of the molecule is C#Cc1cc2ncnc(Nc3ccc(F)c(Cl)c3)c2cc1NC(=O)/C=C/CN(C)C. The summed E-state index contributed by atoms with van der Waals surface area (Å²) in [6.45, 7) is 0.634. The summed E-state index contributed by atoms with van der Waals surface area (Å²) in [6, 6.07) is 7.66. The highest BCUT2D eigenvalue weighted by Gasteiger charge is 2.11. The smallest absolute Gasteiger partial charge is 0.248 e. The van der Waals surface area contributed by atoms with Crippen LogP contribution in [0.1, 0.15) is 5.56 Å². The second-order valence-corrected chi connectivity index (χ2v) is 7.10. The van der Waals surface area contributed by atoms with E-state index in [0.717, 1.165) is 0 Å². The first-order valence-electron chi connectivity index (χ1n) is 8.97. The number of terminal acetylenes is 1. The van der Waals surface area contributed by atoms with Crippen molar-refractivity contribution in [2.75, 3.05) is 31.3 Å². The highest BCUT2D eigenvalue weighted by Crippen LogP contribution is 2.29. The Balaban J connectivity index is 1.95. The van der Waals surface area contributed by atoms with Crippen LogP contribution in [0.15, 0.2) is 48.8 Å². The number of likely N-dealkylation sites (N-methyl/N-ethyl adjacent to an activating group) is 1. The minimum absolute atomic E-state index is 0.00885. The lowest BCUT2D eigenvalue weighted by Gasteiger charge is -2.12. The Morgan fingerprint density at radius 1 is 1.30 bits per heavy atom. The predicted octanol–water partition coefficient (Wildman–Crippen LogP) is 4.20. The Hall–Kier alpha value is -3.47. The zero-order valence-corrected chi connectivity index (χ0v) is 17.2. The van der Waals surface area contributed by atoms with E-state index in [0.29, 0.717) is 40.2 Å². The molecule has 0 bridgehead atoms. The van der Waals surface area contributed by atoms with Crippen LogP contribution >= 0.6 is 11.6 Å². The molecule has 0 aliphatic carbocycles. The number of carbonyl (C=O) groups is 1. The number of aromatic nitrogens is 2. The molecule has 0 fully saturated rings. The number of hydrogen-bond donors (Lipinski definition) is 2. The molecule has 1 heterocycles.